The van der Waals surface area contributed by atoms with Crippen molar-refractivity contribution in [3.8, 4) is 5.75 Å². The van der Waals surface area contributed by atoms with Gasteiger partial charge in [-0.15, -0.1) is 0 Å². The molecule has 0 spiro atoms. The molecule has 0 bridgehead atoms. The molecule has 3 aromatic rings. The summed E-state index contributed by atoms with van der Waals surface area (Å²) in [4.78, 5) is 28.5. The van der Waals surface area contributed by atoms with Crippen LogP contribution in [0.25, 0.3) is 11.2 Å². The molecular formula is C34H48N6O5. The number of ether oxygens (including phenoxy) is 4. The molecule has 1 N–H and O–H groups in total. The molecule has 6 rings (SSSR count). The molecular weight excluding hydrogens is 572 g/mol. The molecule has 1 saturated heterocycles. The molecule has 0 unspecified atom stereocenters. The van der Waals surface area contributed by atoms with E-state index < -0.39 is 5.79 Å². The normalized spacial score (nSPS) is 27.1. The van der Waals surface area contributed by atoms with E-state index in [9.17, 15) is 4.79 Å². The Bertz CT molecular complexity index is 1450. The molecule has 3 fully saturated rings. The van der Waals surface area contributed by atoms with Crippen LogP contribution in [0.1, 0.15) is 78.3 Å². The second kappa shape index (κ2) is 13.2. The lowest BCUT2D eigenvalue weighted by Gasteiger charge is -2.46. The number of hydrogen-bond donors (Lipinski definition) is 1. The van der Waals surface area contributed by atoms with Crippen LogP contribution >= 0.6 is 0 Å². The first-order valence-corrected chi connectivity index (χ1v) is 16.5. The SMILES string of the molecule is CCOC(=O)CCC1CC(N(C[C@H]2C[C@@H](n3cnc4c(NCc5ccc(OC)cc5)ncnc43)[C@@H]3OC(C)(C)O[C@H]23)C(C)C)C1. The van der Waals surface area contributed by atoms with Crippen LogP contribution in [0.2, 0.25) is 0 Å². The van der Waals surface area contributed by atoms with Crippen molar-refractivity contribution >= 4 is 23.0 Å². The highest BCUT2D eigenvalue weighted by atomic mass is 16.8. The van der Waals surface area contributed by atoms with Crippen LogP contribution in [-0.2, 0) is 25.5 Å². The lowest BCUT2D eigenvalue weighted by atomic mass is 9.76. The van der Waals surface area contributed by atoms with Crippen molar-refractivity contribution in [2.24, 2.45) is 11.8 Å². The number of imidazole rings is 1. The maximum atomic E-state index is 11.9. The zero-order chi connectivity index (χ0) is 31.7. The number of carbonyl (C=O) groups excluding carboxylic acids is 1. The zero-order valence-corrected chi connectivity index (χ0v) is 27.4. The predicted octanol–water partition coefficient (Wildman–Crippen LogP) is 5.36. The van der Waals surface area contributed by atoms with E-state index in [1.165, 1.54) is 0 Å². The fourth-order valence-electron chi connectivity index (χ4n) is 7.48. The van der Waals surface area contributed by atoms with Crippen molar-refractivity contribution < 1.29 is 23.7 Å². The van der Waals surface area contributed by atoms with Gasteiger partial charge in [0.1, 0.15) is 23.7 Å². The molecule has 2 aliphatic carbocycles. The smallest absolute Gasteiger partial charge is 0.305 e. The van der Waals surface area contributed by atoms with E-state index in [1.54, 1.807) is 13.4 Å². The molecule has 1 aliphatic heterocycles. The summed E-state index contributed by atoms with van der Waals surface area (Å²) in [6, 6.07) is 8.96. The Hall–Kier alpha value is -3.28. The van der Waals surface area contributed by atoms with Crippen molar-refractivity contribution in [1.82, 2.24) is 24.4 Å². The number of carbonyl (C=O) groups is 1. The minimum atomic E-state index is -0.653. The van der Waals surface area contributed by atoms with Crippen LogP contribution in [0.3, 0.4) is 0 Å². The molecule has 3 heterocycles. The third-order valence-corrected chi connectivity index (χ3v) is 9.74. The Balaban J connectivity index is 1.15. The highest BCUT2D eigenvalue weighted by Gasteiger charge is 2.55. The summed E-state index contributed by atoms with van der Waals surface area (Å²) in [5.41, 5.74) is 2.66. The summed E-state index contributed by atoms with van der Waals surface area (Å²) >= 11 is 0. The number of methoxy groups -OCH3 is 1. The van der Waals surface area contributed by atoms with Crippen LogP contribution in [0.15, 0.2) is 36.9 Å². The molecule has 244 valence electrons. The molecule has 11 nitrogen and oxygen atoms in total. The fraction of sp³-hybridized carbons (Fsp3) is 0.647. The Morgan fingerprint density at radius 2 is 1.87 bits per heavy atom. The van der Waals surface area contributed by atoms with E-state index in [-0.39, 0.29) is 24.2 Å². The first kappa shape index (κ1) is 31.7. The average molecular weight is 621 g/mol. The summed E-state index contributed by atoms with van der Waals surface area (Å²) in [5.74, 6) is 1.69. The summed E-state index contributed by atoms with van der Waals surface area (Å²) in [7, 11) is 1.67. The summed E-state index contributed by atoms with van der Waals surface area (Å²) in [6.07, 6.45) is 7.97. The first-order valence-electron chi connectivity index (χ1n) is 16.5. The number of fused-ring (bicyclic) bond motifs is 2. The van der Waals surface area contributed by atoms with Crippen molar-refractivity contribution in [1.29, 1.82) is 0 Å². The van der Waals surface area contributed by atoms with Gasteiger partial charge in [0, 0.05) is 37.5 Å². The van der Waals surface area contributed by atoms with Crippen molar-refractivity contribution in [3.63, 3.8) is 0 Å². The number of hydrogen-bond acceptors (Lipinski definition) is 10. The maximum absolute atomic E-state index is 11.9. The van der Waals surface area contributed by atoms with E-state index >= 15 is 0 Å². The standard InChI is InChI=1S/C34H48N6O5/c1-7-43-28(41)13-10-23-14-25(15-23)39(21(2)3)18-24-16-27(31-30(24)44-34(4,5)45-31)40-20-38-29-32(36-19-37-33(29)40)35-17-22-8-11-26(42-6)12-9-22/h8-9,11-12,19-21,23-25,27,30-31H,7,10,13-18H2,1-6H3,(H,35,36,37)/t23?,24-,25?,27-,30-,31+/m1/s1. The number of nitrogens with zero attached hydrogens (tertiary/aromatic N) is 5. The lowest BCUT2D eigenvalue weighted by molar-refractivity contribution is -0.161. The van der Waals surface area contributed by atoms with Gasteiger partial charge in [-0.1, -0.05) is 12.1 Å². The second-order valence-corrected chi connectivity index (χ2v) is 13.5. The molecule has 2 saturated carbocycles. The van der Waals surface area contributed by atoms with Gasteiger partial charge in [0.2, 0.25) is 0 Å². The molecule has 45 heavy (non-hydrogen) atoms. The average Bonchev–Trinajstić information content (AvgIpc) is 3.66. The van der Waals surface area contributed by atoms with E-state index in [0.717, 1.165) is 54.7 Å². The number of esters is 1. The molecule has 11 heteroatoms. The first-order chi connectivity index (χ1) is 21.7. The van der Waals surface area contributed by atoms with Gasteiger partial charge < -0.3 is 28.8 Å². The van der Waals surface area contributed by atoms with Gasteiger partial charge in [0.05, 0.1) is 32.2 Å². The van der Waals surface area contributed by atoms with Gasteiger partial charge in [-0.2, -0.15) is 0 Å². The second-order valence-electron chi connectivity index (χ2n) is 13.5. The highest BCUT2D eigenvalue weighted by Crippen LogP contribution is 2.49. The molecule has 3 aliphatic rings. The lowest BCUT2D eigenvalue weighted by Crippen LogP contribution is -2.51. The quantitative estimate of drug-likeness (QED) is 0.251. The number of aromatic nitrogens is 4. The van der Waals surface area contributed by atoms with Crippen LogP contribution in [0.4, 0.5) is 5.82 Å². The Morgan fingerprint density at radius 3 is 2.58 bits per heavy atom. The van der Waals surface area contributed by atoms with Crippen LogP contribution in [-0.4, -0.2) is 80.7 Å². The fourth-order valence-corrected chi connectivity index (χ4v) is 7.48. The number of rotatable bonds is 13. The Labute approximate surface area is 266 Å². The van der Waals surface area contributed by atoms with Gasteiger partial charge in [0.25, 0.3) is 0 Å². The zero-order valence-electron chi connectivity index (χ0n) is 27.4. The molecule has 1 aromatic carbocycles. The largest absolute Gasteiger partial charge is 0.497 e. The molecule has 0 radical (unpaired) electrons. The topological polar surface area (TPSA) is 113 Å². The predicted molar refractivity (Wildman–Crippen MR) is 171 cm³/mol. The van der Waals surface area contributed by atoms with E-state index in [1.807, 2.05) is 51.4 Å². The number of nitrogens with one attached hydrogen (secondary N) is 1. The van der Waals surface area contributed by atoms with Crippen molar-refractivity contribution in [2.45, 2.75) is 109 Å². The van der Waals surface area contributed by atoms with E-state index in [0.29, 0.717) is 49.3 Å². The van der Waals surface area contributed by atoms with Gasteiger partial charge >= 0.3 is 5.97 Å². The van der Waals surface area contributed by atoms with Crippen LogP contribution < -0.4 is 10.1 Å². The monoisotopic (exact) mass is 620 g/mol. The van der Waals surface area contributed by atoms with Gasteiger partial charge in [-0.25, -0.2) is 15.0 Å². The minimum absolute atomic E-state index is 0.0158. The highest BCUT2D eigenvalue weighted by molar-refractivity contribution is 5.82. The minimum Gasteiger partial charge on any atom is -0.497 e. The van der Waals surface area contributed by atoms with Crippen molar-refractivity contribution in [2.75, 3.05) is 25.6 Å². The van der Waals surface area contributed by atoms with E-state index in [4.69, 9.17) is 23.9 Å². The number of benzene rings is 1. The van der Waals surface area contributed by atoms with Gasteiger partial charge in [0.15, 0.2) is 17.3 Å². The maximum Gasteiger partial charge on any atom is 0.305 e. The van der Waals surface area contributed by atoms with Gasteiger partial charge in [-0.05, 0) is 83.9 Å². The molecule has 2 aromatic heterocycles. The van der Waals surface area contributed by atoms with Crippen LogP contribution in [0.5, 0.6) is 5.75 Å². The Kier molecular flexibility index (Phi) is 9.31. The Morgan fingerprint density at radius 1 is 1.11 bits per heavy atom. The van der Waals surface area contributed by atoms with Crippen molar-refractivity contribution in [3.05, 3.63) is 42.5 Å². The van der Waals surface area contributed by atoms with Gasteiger partial charge in [-0.3, -0.25) is 9.69 Å². The number of anilines is 1. The third kappa shape index (κ3) is 6.80. The molecule has 4 atom stereocenters. The third-order valence-electron chi connectivity index (χ3n) is 9.74. The summed E-state index contributed by atoms with van der Waals surface area (Å²) in [5, 5.41) is 3.45. The van der Waals surface area contributed by atoms with E-state index in [2.05, 4.69) is 38.6 Å². The molecule has 0 amide bonds. The van der Waals surface area contributed by atoms with Crippen LogP contribution in [0, 0.1) is 11.8 Å². The summed E-state index contributed by atoms with van der Waals surface area (Å²) < 4.78 is 25.7. The summed E-state index contributed by atoms with van der Waals surface area (Å²) in [6.45, 7) is 12.5.